The summed E-state index contributed by atoms with van der Waals surface area (Å²) in [6.07, 6.45) is 0.717. The summed E-state index contributed by atoms with van der Waals surface area (Å²) < 4.78 is 1.87. The molecule has 102 valence electrons. The van der Waals surface area contributed by atoms with Gasteiger partial charge in [-0.3, -0.25) is 4.68 Å². The summed E-state index contributed by atoms with van der Waals surface area (Å²) in [5, 5.41) is 15.2. The van der Waals surface area contributed by atoms with Crippen molar-refractivity contribution in [2.45, 2.75) is 39.3 Å². The number of aliphatic hydroxyl groups excluding tert-OH is 1. The number of nitrogens with zero attached hydrogens (tertiary/aromatic N) is 2. The van der Waals surface area contributed by atoms with Crippen LogP contribution in [0.2, 0.25) is 5.02 Å². The third-order valence-corrected chi connectivity index (χ3v) is 3.69. The van der Waals surface area contributed by atoms with Gasteiger partial charge in [-0.05, 0) is 25.8 Å². The van der Waals surface area contributed by atoms with Gasteiger partial charge in [0.25, 0.3) is 0 Å². The van der Waals surface area contributed by atoms with E-state index in [4.69, 9.17) is 11.6 Å². The van der Waals surface area contributed by atoms with Gasteiger partial charge in [0.05, 0.1) is 22.5 Å². The van der Waals surface area contributed by atoms with Gasteiger partial charge in [-0.2, -0.15) is 5.10 Å². The van der Waals surface area contributed by atoms with Crippen LogP contribution in [0, 0.1) is 6.92 Å². The van der Waals surface area contributed by atoms with Gasteiger partial charge in [0.2, 0.25) is 0 Å². The summed E-state index contributed by atoms with van der Waals surface area (Å²) in [5.41, 5.74) is 2.88. The molecule has 0 amide bonds. The second kappa shape index (κ2) is 6.22. The van der Waals surface area contributed by atoms with E-state index in [2.05, 4.69) is 5.10 Å². The lowest BCUT2D eigenvalue weighted by atomic mass is 10.0. The molecular weight excluding hydrogens is 260 g/mol. The molecule has 4 heteroatoms. The van der Waals surface area contributed by atoms with E-state index in [9.17, 15) is 5.11 Å². The smallest absolute Gasteiger partial charge is 0.0848 e. The Morgan fingerprint density at radius 3 is 2.58 bits per heavy atom. The van der Waals surface area contributed by atoms with Gasteiger partial charge < -0.3 is 5.11 Å². The Kier molecular flexibility index (Phi) is 4.61. The number of rotatable bonds is 5. The minimum Gasteiger partial charge on any atom is -0.392 e. The van der Waals surface area contributed by atoms with Crippen LogP contribution in [-0.4, -0.2) is 21.0 Å². The topological polar surface area (TPSA) is 38.0 Å². The Labute approximate surface area is 118 Å². The molecule has 0 aliphatic heterocycles. The average Bonchev–Trinajstić information content (AvgIpc) is 2.67. The second-order valence-corrected chi connectivity index (χ2v) is 5.09. The third-order valence-electron chi connectivity index (χ3n) is 3.20. The molecule has 2 aromatic rings. The number of hydrogen-bond acceptors (Lipinski definition) is 2. The molecule has 19 heavy (non-hydrogen) atoms. The number of hydrogen-bond donors (Lipinski definition) is 1. The normalized spacial score (nSPS) is 12.6. The molecule has 0 aliphatic carbocycles. The standard InChI is InChI=1S/C15H19ClN2O/c1-3-18-14(15(16)11(2)17-18)10-13(19)9-12-7-5-4-6-8-12/h4-8,13,19H,3,9-10H2,1-2H3. The van der Waals surface area contributed by atoms with Crippen molar-refractivity contribution in [1.82, 2.24) is 9.78 Å². The molecule has 1 aromatic heterocycles. The molecule has 0 spiro atoms. The SMILES string of the molecule is CCn1nc(C)c(Cl)c1CC(O)Cc1ccccc1. The van der Waals surface area contributed by atoms with E-state index < -0.39 is 6.10 Å². The predicted octanol–water partition coefficient (Wildman–Crippen LogP) is 3.01. The monoisotopic (exact) mass is 278 g/mol. The van der Waals surface area contributed by atoms with Crippen molar-refractivity contribution in [3.63, 3.8) is 0 Å². The number of aryl methyl sites for hydroxylation is 2. The Morgan fingerprint density at radius 1 is 1.26 bits per heavy atom. The van der Waals surface area contributed by atoms with Crippen molar-refractivity contribution in [2.24, 2.45) is 0 Å². The highest BCUT2D eigenvalue weighted by molar-refractivity contribution is 6.31. The highest BCUT2D eigenvalue weighted by atomic mass is 35.5. The van der Waals surface area contributed by atoms with Crippen molar-refractivity contribution in [1.29, 1.82) is 0 Å². The second-order valence-electron chi connectivity index (χ2n) is 4.71. The van der Waals surface area contributed by atoms with Crippen LogP contribution in [0.15, 0.2) is 30.3 Å². The Morgan fingerprint density at radius 2 is 1.95 bits per heavy atom. The van der Waals surface area contributed by atoms with E-state index in [1.165, 1.54) is 0 Å². The molecule has 1 unspecified atom stereocenters. The van der Waals surface area contributed by atoms with Gasteiger partial charge in [0.15, 0.2) is 0 Å². The molecule has 0 saturated carbocycles. The largest absolute Gasteiger partial charge is 0.392 e. The molecule has 0 radical (unpaired) electrons. The van der Waals surface area contributed by atoms with Crippen LogP contribution in [0.3, 0.4) is 0 Å². The fourth-order valence-electron chi connectivity index (χ4n) is 2.25. The van der Waals surface area contributed by atoms with Crippen LogP contribution in [0.4, 0.5) is 0 Å². The van der Waals surface area contributed by atoms with Gasteiger partial charge in [0.1, 0.15) is 0 Å². The van der Waals surface area contributed by atoms with E-state index in [1.54, 1.807) is 0 Å². The maximum absolute atomic E-state index is 10.2. The van der Waals surface area contributed by atoms with Crippen LogP contribution in [0.1, 0.15) is 23.9 Å². The lowest BCUT2D eigenvalue weighted by Gasteiger charge is -2.12. The zero-order valence-corrected chi connectivity index (χ0v) is 12.1. The van der Waals surface area contributed by atoms with Crippen molar-refractivity contribution < 1.29 is 5.11 Å². The lowest BCUT2D eigenvalue weighted by Crippen LogP contribution is -2.17. The molecule has 0 fully saturated rings. The zero-order valence-electron chi connectivity index (χ0n) is 11.3. The number of halogens is 1. The van der Waals surface area contributed by atoms with Crippen LogP contribution >= 0.6 is 11.6 Å². The summed E-state index contributed by atoms with van der Waals surface area (Å²) in [5.74, 6) is 0. The Hall–Kier alpha value is -1.32. The Balaban J connectivity index is 2.09. The van der Waals surface area contributed by atoms with Crippen molar-refractivity contribution in [3.8, 4) is 0 Å². The fraction of sp³-hybridized carbons (Fsp3) is 0.400. The maximum atomic E-state index is 10.2. The first kappa shape index (κ1) is 14.1. The van der Waals surface area contributed by atoms with Crippen LogP contribution in [-0.2, 0) is 19.4 Å². The van der Waals surface area contributed by atoms with Gasteiger partial charge in [-0.1, -0.05) is 41.9 Å². The Bertz CT molecular complexity index is 537. The summed E-state index contributed by atoms with van der Waals surface area (Å²) >= 11 is 6.25. The van der Waals surface area contributed by atoms with Crippen molar-refractivity contribution in [3.05, 3.63) is 52.3 Å². The lowest BCUT2D eigenvalue weighted by molar-refractivity contribution is 0.172. The van der Waals surface area contributed by atoms with E-state index >= 15 is 0 Å². The van der Waals surface area contributed by atoms with Crippen LogP contribution in [0.5, 0.6) is 0 Å². The molecular formula is C15H19ClN2O. The van der Waals surface area contributed by atoms with Crippen LogP contribution < -0.4 is 0 Å². The average molecular weight is 279 g/mol. The molecule has 0 aliphatic rings. The van der Waals surface area contributed by atoms with Gasteiger partial charge in [-0.15, -0.1) is 0 Å². The summed E-state index contributed by atoms with van der Waals surface area (Å²) in [6.45, 7) is 4.68. The highest BCUT2D eigenvalue weighted by Gasteiger charge is 2.16. The number of aromatic nitrogens is 2. The first-order chi connectivity index (χ1) is 9.11. The highest BCUT2D eigenvalue weighted by Crippen LogP contribution is 2.22. The fourth-order valence-corrected chi connectivity index (χ4v) is 2.46. The third kappa shape index (κ3) is 3.37. The van der Waals surface area contributed by atoms with Gasteiger partial charge in [0, 0.05) is 13.0 Å². The molecule has 0 saturated heterocycles. The van der Waals surface area contributed by atoms with E-state index in [1.807, 2.05) is 48.9 Å². The van der Waals surface area contributed by atoms with Gasteiger partial charge in [-0.25, -0.2) is 0 Å². The number of aliphatic hydroxyl groups is 1. The quantitative estimate of drug-likeness (QED) is 0.913. The minimum atomic E-state index is -0.443. The molecule has 3 nitrogen and oxygen atoms in total. The molecule has 1 atom stereocenters. The van der Waals surface area contributed by atoms with E-state index in [0.29, 0.717) is 17.9 Å². The van der Waals surface area contributed by atoms with Crippen molar-refractivity contribution >= 4 is 11.6 Å². The van der Waals surface area contributed by atoms with Crippen LogP contribution in [0.25, 0.3) is 0 Å². The maximum Gasteiger partial charge on any atom is 0.0848 e. The predicted molar refractivity (Wildman–Crippen MR) is 77.5 cm³/mol. The molecule has 0 bridgehead atoms. The zero-order chi connectivity index (χ0) is 13.8. The summed E-state index contributed by atoms with van der Waals surface area (Å²) in [6, 6.07) is 9.98. The van der Waals surface area contributed by atoms with E-state index in [0.717, 1.165) is 23.5 Å². The molecule has 1 N–H and O–H groups in total. The van der Waals surface area contributed by atoms with Crippen molar-refractivity contribution in [2.75, 3.05) is 0 Å². The molecule has 1 aromatic carbocycles. The summed E-state index contributed by atoms with van der Waals surface area (Å²) in [4.78, 5) is 0. The first-order valence-electron chi connectivity index (χ1n) is 6.55. The molecule has 1 heterocycles. The van der Waals surface area contributed by atoms with E-state index in [-0.39, 0.29) is 0 Å². The minimum absolute atomic E-state index is 0.443. The first-order valence-corrected chi connectivity index (χ1v) is 6.93. The van der Waals surface area contributed by atoms with Gasteiger partial charge >= 0.3 is 0 Å². The summed E-state index contributed by atoms with van der Waals surface area (Å²) in [7, 11) is 0. The molecule has 2 rings (SSSR count). The number of benzene rings is 1.